The molecule has 1 unspecified atom stereocenters. The van der Waals surface area contributed by atoms with E-state index in [9.17, 15) is 9.59 Å². The Labute approximate surface area is 192 Å². The molecule has 0 saturated heterocycles. The number of hydrogen-bond acceptors (Lipinski definition) is 8. The second kappa shape index (κ2) is 10.6. The van der Waals surface area contributed by atoms with Gasteiger partial charge in [-0.2, -0.15) is 4.98 Å². The van der Waals surface area contributed by atoms with E-state index >= 15 is 0 Å². The quantitative estimate of drug-likeness (QED) is 0.490. The number of rotatable bonds is 9. The fourth-order valence-electron chi connectivity index (χ4n) is 3.14. The van der Waals surface area contributed by atoms with Crippen LogP contribution in [-0.2, 0) is 16.1 Å². The maximum absolute atomic E-state index is 12.7. The summed E-state index contributed by atoms with van der Waals surface area (Å²) in [6.07, 6.45) is 0. The van der Waals surface area contributed by atoms with E-state index in [2.05, 4.69) is 15.5 Å². The average Bonchev–Trinajstić information content (AvgIpc) is 3.29. The SMILES string of the molecule is COc1ccc(-c2noc(COC(=O)C(NC(=O)c3cccc(C)c3)C(C)C)n2)c(OC)c1. The molecular formula is C24H27N3O6. The number of aromatic nitrogens is 2. The summed E-state index contributed by atoms with van der Waals surface area (Å²) in [6.45, 7) is 5.31. The molecule has 0 aliphatic rings. The normalized spacial score (nSPS) is 11.7. The van der Waals surface area contributed by atoms with E-state index in [1.165, 1.54) is 7.11 Å². The molecule has 9 nitrogen and oxygen atoms in total. The highest BCUT2D eigenvalue weighted by Gasteiger charge is 2.27. The van der Waals surface area contributed by atoms with Gasteiger partial charge in [-0.25, -0.2) is 4.79 Å². The number of methoxy groups -OCH3 is 2. The highest BCUT2D eigenvalue weighted by molar-refractivity contribution is 5.97. The topological polar surface area (TPSA) is 113 Å². The van der Waals surface area contributed by atoms with E-state index < -0.39 is 12.0 Å². The highest BCUT2D eigenvalue weighted by Crippen LogP contribution is 2.31. The molecule has 1 aromatic heterocycles. The van der Waals surface area contributed by atoms with Crippen LogP contribution in [0.25, 0.3) is 11.4 Å². The first kappa shape index (κ1) is 23.8. The number of amides is 1. The Kier molecular flexibility index (Phi) is 7.66. The lowest BCUT2D eigenvalue weighted by Gasteiger charge is -2.20. The number of carbonyl (C=O) groups excluding carboxylic acids is 2. The predicted molar refractivity (Wildman–Crippen MR) is 120 cm³/mol. The molecule has 0 spiro atoms. The lowest BCUT2D eigenvalue weighted by Crippen LogP contribution is -2.45. The van der Waals surface area contributed by atoms with Crippen molar-refractivity contribution in [2.45, 2.75) is 33.4 Å². The minimum Gasteiger partial charge on any atom is -0.497 e. The molecule has 1 amide bonds. The third kappa shape index (κ3) is 5.88. The van der Waals surface area contributed by atoms with Crippen LogP contribution in [-0.4, -0.2) is 42.3 Å². The van der Waals surface area contributed by atoms with Crippen molar-refractivity contribution >= 4 is 11.9 Å². The van der Waals surface area contributed by atoms with Gasteiger partial charge in [0.05, 0.1) is 19.8 Å². The molecule has 0 aliphatic heterocycles. The summed E-state index contributed by atoms with van der Waals surface area (Å²) in [5, 5.41) is 6.68. The van der Waals surface area contributed by atoms with Gasteiger partial charge < -0.3 is 24.1 Å². The Balaban J connectivity index is 1.66. The van der Waals surface area contributed by atoms with Crippen molar-refractivity contribution in [2.24, 2.45) is 5.92 Å². The number of hydrogen-bond donors (Lipinski definition) is 1. The van der Waals surface area contributed by atoms with Gasteiger partial charge in [0.25, 0.3) is 11.8 Å². The predicted octanol–water partition coefficient (Wildman–Crippen LogP) is 3.56. The van der Waals surface area contributed by atoms with Gasteiger partial charge in [0.1, 0.15) is 17.5 Å². The van der Waals surface area contributed by atoms with Crippen LogP contribution >= 0.6 is 0 Å². The number of esters is 1. The zero-order valence-electron chi connectivity index (χ0n) is 19.2. The molecule has 174 valence electrons. The first-order chi connectivity index (χ1) is 15.8. The minimum atomic E-state index is -0.831. The molecule has 1 N–H and O–H groups in total. The van der Waals surface area contributed by atoms with Crippen molar-refractivity contribution in [3.63, 3.8) is 0 Å². The Hall–Kier alpha value is -3.88. The number of aryl methyl sites for hydroxylation is 1. The maximum Gasteiger partial charge on any atom is 0.329 e. The number of nitrogens with one attached hydrogen (secondary N) is 1. The van der Waals surface area contributed by atoms with E-state index in [0.717, 1.165) is 5.56 Å². The van der Waals surface area contributed by atoms with Crippen molar-refractivity contribution < 1.29 is 28.3 Å². The fourth-order valence-corrected chi connectivity index (χ4v) is 3.14. The maximum atomic E-state index is 12.7. The summed E-state index contributed by atoms with van der Waals surface area (Å²) in [5.74, 6) is 0.414. The minimum absolute atomic E-state index is 0.115. The van der Waals surface area contributed by atoms with Crippen molar-refractivity contribution in [1.29, 1.82) is 0 Å². The molecule has 1 atom stereocenters. The van der Waals surface area contributed by atoms with E-state index in [4.69, 9.17) is 18.7 Å². The molecule has 0 bridgehead atoms. The number of carbonyl (C=O) groups is 2. The number of ether oxygens (including phenoxy) is 3. The molecule has 1 heterocycles. The van der Waals surface area contributed by atoms with Crippen LogP contribution < -0.4 is 14.8 Å². The Morgan fingerprint density at radius 1 is 1.09 bits per heavy atom. The van der Waals surface area contributed by atoms with Crippen LogP contribution in [0.5, 0.6) is 11.5 Å². The summed E-state index contributed by atoms with van der Waals surface area (Å²) in [7, 11) is 3.08. The van der Waals surface area contributed by atoms with Gasteiger partial charge in [-0.05, 0) is 37.1 Å². The third-order valence-corrected chi connectivity index (χ3v) is 4.94. The summed E-state index contributed by atoms with van der Waals surface area (Å²) in [5.41, 5.74) is 2.03. The van der Waals surface area contributed by atoms with Crippen LogP contribution in [0.3, 0.4) is 0 Å². The number of benzene rings is 2. The van der Waals surface area contributed by atoms with E-state index in [0.29, 0.717) is 22.6 Å². The lowest BCUT2D eigenvalue weighted by atomic mass is 10.0. The summed E-state index contributed by atoms with van der Waals surface area (Å²) in [4.78, 5) is 29.5. The summed E-state index contributed by atoms with van der Waals surface area (Å²) >= 11 is 0. The largest absolute Gasteiger partial charge is 0.497 e. The van der Waals surface area contributed by atoms with E-state index in [-0.39, 0.29) is 30.1 Å². The molecule has 2 aromatic carbocycles. The van der Waals surface area contributed by atoms with E-state index in [1.54, 1.807) is 43.5 Å². The summed E-state index contributed by atoms with van der Waals surface area (Å²) in [6, 6.07) is 11.5. The average molecular weight is 453 g/mol. The standard InChI is InChI=1S/C24H27N3O6/c1-14(2)21(26-23(28)16-8-6-7-15(3)11-16)24(29)32-13-20-25-22(27-33-20)18-10-9-17(30-4)12-19(18)31-5/h6-12,14,21H,13H2,1-5H3,(H,26,28). The van der Waals surface area contributed by atoms with Gasteiger partial charge in [-0.3, -0.25) is 4.79 Å². The summed E-state index contributed by atoms with van der Waals surface area (Å²) < 4.78 is 21.1. The third-order valence-electron chi connectivity index (χ3n) is 4.94. The van der Waals surface area contributed by atoms with Gasteiger partial charge in [0.2, 0.25) is 5.82 Å². The molecule has 9 heteroatoms. The molecule has 0 radical (unpaired) electrons. The van der Waals surface area contributed by atoms with Crippen LogP contribution in [0.4, 0.5) is 0 Å². The molecule has 0 aliphatic carbocycles. The second-order valence-corrected chi connectivity index (χ2v) is 7.75. The molecular weight excluding hydrogens is 426 g/mol. The van der Waals surface area contributed by atoms with Crippen LogP contribution in [0.15, 0.2) is 47.0 Å². The molecule has 0 fully saturated rings. The lowest BCUT2D eigenvalue weighted by molar-refractivity contribution is -0.149. The fraction of sp³-hybridized carbons (Fsp3) is 0.333. The van der Waals surface area contributed by atoms with Crippen LogP contribution in [0, 0.1) is 12.8 Å². The van der Waals surface area contributed by atoms with Gasteiger partial charge in [-0.1, -0.05) is 36.7 Å². The highest BCUT2D eigenvalue weighted by atomic mass is 16.6. The van der Waals surface area contributed by atoms with Crippen molar-refractivity contribution in [3.05, 3.63) is 59.5 Å². The van der Waals surface area contributed by atoms with E-state index in [1.807, 2.05) is 26.8 Å². The Morgan fingerprint density at radius 3 is 2.55 bits per heavy atom. The van der Waals surface area contributed by atoms with Crippen LogP contribution in [0.2, 0.25) is 0 Å². The molecule has 0 saturated carbocycles. The Morgan fingerprint density at radius 2 is 1.88 bits per heavy atom. The zero-order valence-corrected chi connectivity index (χ0v) is 19.2. The molecule has 3 rings (SSSR count). The monoisotopic (exact) mass is 453 g/mol. The van der Waals surface area contributed by atoms with Gasteiger partial charge >= 0.3 is 5.97 Å². The first-order valence-electron chi connectivity index (χ1n) is 10.4. The van der Waals surface area contributed by atoms with Gasteiger partial charge in [-0.15, -0.1) is 0 Å². The smallest absolute Gasteiger partial charge is 0.329 e. The van der Waals surface area contributed by atoms with Gasteiger partial charge in [0.15, 0.2) is 6.61 Å². The molecule has 3 aromatic rings. The van der Waals surface area contributed by atoms with Crippen molar-refractivity contribution in [3.8, 4) is 22.9 Å². The molecule has 33 heavy (non-hydrogen) atoms. The Bertz CT molecular complexity index is 1120. The van der Waals surface area contributed by atoms with Crippen molar-refractivity contribution in [1.82, 2.24) is 15.5 Å². The number of nitrogens with zero attached hydrogens (tertiary/aromatic N) is 2. The zero-order chi connectivity index (χ0) is 24.0. The first-order valence-corrected chi connectivity index (χ1v) is 10.4. The second-order valence-electron chi connectivity index (χ2n) is 7.75. The van der Waals surface area contributed by atoms with Gasteiger partial charge in [0, 0.05) is 11.6 Å². The van der Waals surface area contributed by atoms with Crippen molar-refractivity contribution in [2.75, 3.05) is 14.2 Å². The van der Waals surface area contributed by atoms with Crippen LogP contribution in [0.1, 0.15) is 35.7 Å².